The lowest BCUT2D eigenvalue weighted by molar-refractivity contribution is 0.310. The Kier molecular flexibility index (Phi) is 5.95. The van der Waals surface area contributed by atoms with E-state index in [1.165, 1.54) is 10.6 Å². The summed E-state index contributed by atoms with van der Waals surface area (Å²) < 4.78 is 28.3. The average Bonchev–Trinajstić information content (AvgIpc) is 3.05. The van der Waals surface area contributed by atoms with Crippen molar-refractivity contribution in [2.24, 2.45) is 0 Å². The van der Waals surface area contributed by atoms with Gasteiger partial charge in [-0.2, -0.15) is 5.26 Å². The second kappa shape index (κ2) is 8.98. The van der Waals surface area contributed by atoms with Gasteiger partial charge in [0.1, 0.15) is 12.4 Å². The molecular weight excluding hydrogens is 409 g/mol. The highest BCUT2D eigenvalue weighted by Crippen LogP contribution is 2.30. The van der Waals surface area contributed by atoms with E-state index in [0.717, 1.165) is 5.56 Å². The van der Waals surface area contributed by atoms with Crippen LogP contribution in [0.4, 0.5) is 4.39 Å². The molecule has 3 aromatic carbocycles. The Balaban J connectivity index is 1.83. The average molecular weight is 431 g/mol. The van der Waals surface area contributed by atoms with E-state index in [1.807, 2.05) is 25.1 Å². The monoisotopic (exact) mass is 431 g/mol. The summed E-state index contributed by atoms with van der Waals surface area (Å²) in [5.74, 6) is 0.870. The molecule has 0 unspecified atom stereocenters. The van der Waals surface area contributed by atoms with E-state index in [1.54, 1.807) is 54.1 Å². The van der Waals surface area contributed by atoms with Gasteiger partial charge in [-0.25, -0.2) is 9.18 Å². The standard InChI is InChI=1S/C25H22FN3O3/c1-3-32-24-14-17(8-11-23(24)31-2)16-29-21-10-9-18(19-6-4-5-7-20(19)26)15-22(21)28(13-12-27)25(29)30/h4-11,14-15H,3,13,16H2,1-2H3. The summed E-state index contributed by atoms with van der Waals surface area (Å²) in [6.07, 6.45) is 0. The molecule has 1 aromatic heterocycles. The molecule has 0 saturated carbocycles. The smallest absolute Gasteiger partial charge is 0.330 e. The molecule has 0 saturated heterocycles. The van der Waals surface area contributed by atoms with E-state index in [9.17, 15) is 14.4 Å². The van der Waals surface area contributed by atoms with Crippen LogP contribution >= 0.6 is 0 Å². The third-order valence-corrected chi connectivity index (χ3v) is 5.30. The highest BCUT2D eigenvalue weighted by atomic mass is 19.1. The predicted octanol–water partition coefficient (Wildman–Crippen LogP) is 4.59. The van der Waals surface area contributed by atoms with Crippen LogP contribution in [0.2, 0.25) is 0 Å². The molecule has 0 bridgehead atoms. The maximum atomic E-state index is 14.3. The number of nitrogens with zero attached hydrogens (tertiary/aromatic N) is 3. The molecule has 7 heteroatoms. The quantitative estimate of drug-likeness (QED) is 0.429. The fraction of sp³-hybridized carbons (Fsp3) is 0.200. The largest absolute Gasteiger partial charge is 0.493 e. The molecule has 0 radical (unpaired) electrons. The maximum Gasteiger partial charge on any atom is 0.330 e. The Morgan fingerprint density at radius 1 is 1.00 bits per heavy atom. The predicted molar refractivity (Wildman–Crippen MR) is 120 cm³/mol. The normalized spacial score (nSPS) is 10.8. The van der Waals surface area contributed by atoms with Crippen LogP contribution in [0, 0.1) is 17.1 Å². The molecule has 0 fully saturated rings. The van der Waals surface area contributed by atoms with Crippen molar-refractivity contribution >= 4 is 11.0 Å². The number of ether oxygens (including phenoxy) is 2. The SMILES string of the molecule is CCOc1cc(Cn2c(=O)n(CC#N)c3cc(-c4ccccc4F)ccc32)ccc1OC. The highest BCUT2D eigenvalue weighted by Gasteiger charge is 2.16. The van der Waals surface area contributed by atoms with Crippen LogP contribution < -0.4 is 15.2 Å². The number of halogens is 1. The van der Waals surface area contributed by atoms with Gasteiger partial charge in [0.25, 0.3) is 0 Å². The van der Waals surface area contributed by atoms with Crippen molar-refractivity contribution in [1.82, 2.24) is 9.13 Å². The first-order valence-electron chi connectivity index (χ1n) is 10.2. The topological polar surface area (TPSA) is 69.2 Å². The number of fused-ring (bicyclic) bond motifs is 1. The van der Waals surface area contributed by atoms with Crippen LogP contribution in [0.15, 0.2) is 65.5 Å². The first-order valence-corrected chi connectivity index (χ1v) is 10.2. The molecule has 0 amide bonds. The molecule has 6 nitrogen and oxygen atoms in total. The fourth-order valence-electron chi connectivity index (χ4n) is 3.83. The molecule has 4 aromatic rings. The van der Waals surface area contributed by atoms with Crippen LogP contribution in [0.1, 0.15) is 12.5 Å². The van der Waals surface area contributed by atoms with Gasteiger partial charge in [0.05, 0.1) is 37.4 Å². The number of nitriles is 1. The van der Waals surface area contributed by atoms with Gasteiger partial charge in [0.15, 0.2) is 11.5 Å². The maximum absolute atomic E-state index is 14.3. The van der Waals surface area contributed by atoms with Gasteiger partial charge in [-0.1, -0.05) is 30.3 Å². The highest BCUT2D eigenvalue weighted by molar-refractivity contribution is 5.83. The van der Waals surface area contributed by atoms with Gasteiger partial charge >= 0.3 is 5.69 Å². The second-order valence-electron chi connectivity index (χ2n) is 7.21. The molecule has 0 aliphatic rings. The Labute approximate surface area is 184 Å². The van der Waals surface area contributed by atoms with E-state index in [0.29, 0.717) is 40.3 Å². The van der Waals surface area contributed by atoms with Crippen LogP contribution in [0.5, 0.6) is 11.5 Å². The molecule has 4 rings (SSSR count). The summed E-state index contributed by atoms with van der Waals surface area (Å²) >= 11 is 0. The lowest BCUT2D eigenvalue weighted by Crippen LogP contribution is -2.24. The lowest BCUT2D eigenvalue weighted by atomic mass is 10.0. The van der Waals surface area contributed by atoms with Gasteiger partial charge in [0.2, 0.25) is 0 Å². The number of aromatic nitrogens is 2. The van der Waals surface area contributed by atoms with E-state index < -0.39 is 0 Å². The molecule has 0 spiro atoms. The molecule has 0 atom stereocenters. The Morgan fingerprint density at radius 2 is 1.81 bits per heavy atom. The van der Waals surface area contributed by atoms with Crippen molar-refractivity contribution in [2.45, 2.75) is 20.0 Å². The zero-order valence-electron chi connectivity index (χ0n) is 17.8. The third kappa shape index (κ3) is 3.83. The van der Waals surface area contributed by atoms with Crippen molar-refractivity contribution in [3.8, 4) is 28.7 Å². The minimum Gasteiger partial charge on any atom is -0.493 e. The van der Waals surface area contributed by atoms with Crippen LogP contribution in [-0.2, 0) is 13.1 Å². The van der Waals surface area contributed by atoms with E-state index in [-0.39, 0.29) is 24.6 Å². The molecule has 32 heavy (non-hydrogen) atoms. The number of rotatable bonds is 7. The summed E-state index contributed by atoms with van der Waals surface area (Å²) in [6, 6.07) is 19.4. The molecule has 162 valence electrons. The van der Waals surface area contributed by atoms with Gasteiger partial charge in [-0.15, -0.1) is 0 Å². The molecular formula is C25H22FN3O3. The Bertz CT molecular complexity index is 1380. The first-order chi connectivity index (χ1) is 15.6. The zero-order chi connectivity index (χ0) is 22.7. The van der Waals surface area contributed by atoms with Crippen LogP contribution in [0.3, 0.4) is 0 Å². The summed E-state index contributed by atoms with van der Waals surface area (Å²) in [6.45, 7) is 2.56. The van der Waals surface area contributed by atoms with E-state index in [2.05, 4.69) is 0 Å². The minimum atomic E-state index is -0.345. The zero-order valence-corrected chi connectivity index (χ0v) is 17.8. The molecule has 0 aliphatic carbocycles. The Morgan fingerprint density at radius 3 is 2.53 bits per heavy atom. The fourth-order valence-corrected chi connectivity index (χ4v) is 3.83. The van der Waals surface area contributed by atoms with Crippen molar-refractivity contribution in [2.75, 3.05) is 13.7 Å². The van der Waals surface area contributed by atoms with Crippen molar-refractivity contribution in [3.63, 3.8) is 0 Å². The molecule has 0 aliphatic heterocycles. The van der Waals surface area contributed by atoms with Gasteiger partial charge in [0, 0.05) is 5.56 Å². The summed E-state index contributed by atoms with van der Waals surface area (Å²) in [7, 11) is 1.57. The summed E-state index contributed by atoms with van der Waals surface area (Å²) in [5.41, 5.74) is 2.87. The van der Waals surface area contributed by atoms with Crippen molar-refractivity contribution < 1.29 is 13.9 Å². The number of hydrogen-bond donors (Lipinski definition) is 0. The van der Waals surface area contributed by atoms with E-state index >= 15 is 0 Å². The number of hydrogen-bond acceptors (Lipinski definition) is 4. The second-order valence-corrected chi connectivity index (χ2v) is 7.21. The summed E-state index contributed by atoms with van der Waals surface area (Å²) in [5, 5.41) is 9.28. The van der Waals surface area contributed by atoms with Crippen LogP contribution in [-0.4, -0.2) is 22.9 Å². The lowest BCUT2D eigenvalue weighted by Gasteiger charge is -2.11. The third-order valence-electron chi connectivity index (χ3n) is 5.30. The van der Waals surface area contributed by atoms with Gasteiger partial charge < -0.3 is 9.47 Å². The Hall–Kier alpha value is -4.05. The number of imidazole rings is 1. The molecule has 1 heterocycles. The number of benzene rings is 3. The van der Waals surface area contributed by atoms with Gasteiger partial charge in [-0.05, 0) is 48.4 Å². The van der Waals surface area contributed by atoms with Crippen LogP contribution in [0.25, 0.3) is 22.2 Å². The first kappa shape index (κ1) is 21.2. The van der Waals surface area contributed by atoms with Crippen molar-refractivity contribution in [3.05, 3.63) is 82.5 Å². The molecule has 0 N–H and O–H groups in total. The minimum absolute atomic E-state index is 0.101. The number of methoxy groups -OCH3 is 1. The summed E-state index contributed by atoms with van der Waals surface area (Å²) in [4.78, 5) is 13.2. The van der Waals surface area contributed by atoms with Gasteiger partial charge in [-0.3, -0.25) is 9.13 Å². The van der Waals surface area contributed by atoms with E-state index in [4.69, 9.17) is 9.47 Å². The van der Waals surface area contributed by atoms with Crippen molar-refractivity contribution in [1.29, 1.82) is 5.26 Å².